The Hall–Kier alpha value is -0.0800. The second kappa shape index (κ2) is 3.11. The van der Waals surface area contributed by atoms with Crippen molar-refractivity contribution in [2.45, 2.75) is 32.8 Å². The van der Waals surface area contributed by atoms with E-state index in [2.05, 4.69) is 19.2 Å². The molecule has 2 heteroatoms. The van der Waals surface area contributed by atoms with Gasteiger partial charge in [0, 0.05) is 12.0 Å². The molecule has 2 N–H and O–H groups in total. The summed E-state index contributed by atoms with van der Waals surface area (Å²) < 4.78 is 0. The molecule has 1 atom stereocenters. The van der Waals surface area contributed by atoms with Crippen molar-refractivity contribution in [3.63, 3.8) is 0 Å². The van der Waals surface area contributed by atoms with Crippen LogP contribution in [0.25, 0.3) is 0 Å². The van der Waals surface area contributed by atoms with Crippen LogP contribution in [-0.2, 0) is 0 Å². The summed E-state index contributed by atoms with van der Waals surface area (Å²) in [7, 11) is 1.95. The fourth-order valence-corrected chi connectivity index (χ4v) is 1.80. The van der Waals surface area contributed by atoms with E-state index in [4.69, 9.17) is 0 Å². The highest BCUT2D eigenvalue weighted by molar-refractivity contribution is 5.00. The van der Waals surface area contributed by atoms with Gasteiger partial charge >= 0.3 is 0 Å². The molecule has 0 aromatic rings. The number of nitrogens with one attached hydrogen (secondary N) is 1. The monoisotopic (exact) mass is 157 g/mol. The first kappa shape index (κ1) is 9.01. The first-order valence-corrected chi connectivity index (χ1v) is 4.45. The van der Waals surface area contributed by atoms with E-state index in [1.165, 1.54) is 12.8 Å². The van der Waals surface area contributed by atoms with Crippen molar-refractivity contribution in [2.75, 3.05) is 13.6 Å². The molecule has 11 heavy (non-hydrogen) atoms. The summed E-state index contributed by atoms with van der Waals surface area (Å²) in [6.07, 6.45) is 2.26. The first-order valence-electron chi connectivity index (χ1n) is 4.45. The van der Waals surface area contributed by atoms with Crippen molar-refractivity contribution in [3.8, 4) is 0 Å². The fraction of sp³-hybridized carbons (Fsp3) is 1.00. The summed E-state index contributed by atoms with van der Waals surface area (Å²) >= 11 is 0. The zero-order valence-electron chi connectivity index (χ0n) is 7.72. The minimum absolute atomic E-state index is 0.116. The van der Waals surface area contributed by atoms with Crippen molar-refractivity contribution in [3.05, 3.63) is 0 Å². The lowest BCUT2D eigenvalue weighted by Crippen LogP contribution is -2.34. The summed E-state index contributed by atoms with van der Waals surface area (Å²) in [5.41, 5.74) is 0.225. The second-order valence-electron chi connectivity index (χ2n) is 4.08. The van der Waals surface area contributed by atoms with Crippen molar-refractivity contribution < 1.29 is 5.11 Å². The van der Waals surface area contributed by atoms with Crippen molar-refractivity contribution in [2.24, 2.45) is 11.3 Å². The third-order valence-corrected chi connectivity index (χ3v) is 2.68. The third-order valence-electron chi connectivity index (χ3n) is 2.68. The van der Waals surface area contributed by atoms with Crippen molar-refractivity contribution >= 4 is 0 Å². The molecule has 0 aromatic carbocycles. The summed E-state index contributed by atoms with van der Waals surface area (Å²) in [6.45, 7) is 5.13. The van der Waals surface area contributed by atoms with Gasteiger partial charge in [-0.05, 0) is 25.8 Å². The summed E-state index contributed by atoms with van der Waals surface area (Å²) in [6, 6.07) is 0. The van der Waals surface area contributed by atoms with Gasteiger partial charge in [-0.2, -0.15) is 0 Å². The van der Waals surface area contributed by atoms with E-state index < -0.39 is 0 Å². The maximum atomic E-state index is 9.81. The van der Waals surface area contributed by atoms with Crippen LogP contribution in [0.1, 0.15) is 26.7 Å². The van der Waals surface area contributed by atoms with Crippen LogP contribution in [0.15, 0.2) is 0 Å². The lowest BCUT2D eigenvalue weighted by molar-refractivity contribution is 0.0513. The van der Waals surface area contributed by atoms with Crippen LogP contribution in [0.3, 0.4) is 0 Å². The summed E-state index contributed by atoms with van der Waals surface area (Å²) in [5, 5.41) is 13.0. The molecule has 0 bridgehead atoms. The molecule has 0 aliphatic heterocycles. The lowest BCUT2D eigenvalue weighted by atomic mass is 9.90. The van der Waals surface area contributed by atoms with Gasteiger partial charge in [0.15, 0.2) is 0 Å². The molecule has 0 amide bonds. The van der Waals surface area contributed by atoms with Crippen LogP contribution >= 0.6 is 0 Å². The quantitative estimate of drug-likeness (QED) is 0.638. The van der Waals surface area contributed by atoms with Gasteiger partial charge in [0.25, 0.3) is 0 Å². The van der Waals surface area contributed by atoms with Gasteiger partial charge in [0.2, 0.25) is 0 Å². The van der Waals surface area contributed by atoms with E-state index in [0.717, 1.165) is 6.54 Å². The van der Waals surface area contributed by atoms with Crippen LogP contribution in [-0.4, -0.2) is 24.8 Å². The van der Waals surface area contributed by atoms with E-state index in [1.807, 2.05) is 7.05 Å². The predicted octanol–water partition coefficient (Wildman–Crippen LogP) is 1.00. The SMILES string of the molecule is CNCC1(C(O)C(C)C)CC1. The molecular formula is C9H19NO. The highest BCUT2D eigenvalue weighted by Gasteiger charge is 2.48. The Kier molecular flexibility index (Phi) is 2.55. The van der Waals surface area contributed by atoms with Crippen molar-refractivity contribution in [1.82, 2.24) is 5.32 Å². The molecule has 1 saturated carbocycles. The Balaban J connectivity index is 2.44. The van der Waals surface area contributed by atoms with Gasteiger partial charge in [-0.3, -0.25) is 0 Å². The fourth-order valence-electron chi connectivity index (χ4n) is 1.80. The maximum Gasteiger partial charge on any atom is 0.0631 e. The number of aliphatic hydroxyl groups is 1. The first-order chi connectivity index (χ1) is 5.12. The number of hydrogen-bond donors (Lipinski definition) is 2. The van der Waals surface area contributed by atoms with E-state index in [0.29, 0.717) is 5.92 Å². The summed E-state index contributed by atoms with van der Waals surface area (Å²) in [5.74, 6) is 0.394. The highest BCUT2D eigenvalue weighted by atomic mass is 16.3. The van der Waals surface area contributed by atoms with E-state index >= 15 is 0 Å². The van der Waals surface area contributed by atoms with E-state index in [1.54, 1.807) is 0 Å². The minimum Gasteiger partial charge on any atom is -0.392 e. The average Bonchev–Trinajstić information content (AvgIpc) is 2.69. The van der Waals surface area contributed by atoms with Crippen LogP contribution in [0.4, 0.5) is 0 Å². The topological polar surface area (TPSA) is 32.3 Å². The molecule has 0 spiro atoms. The number of hydrogen-bond acceptors (Lipinski definition) is 2. The lowest BCUT2D eigenvalue weighted by Gasteiger charge is -2.24. The number of rotatable bonds is 4. The molecule has 1 rings (SSSR count). The van der Waals surface area contributed by atoms with Crippen LogP contribution < -0.4 is 5.32 Å². The molecular weight excluding hydrogens is 138 g/mol. The van der Waals surface area contributed by atoms with Gasteiger partial charge in [0.1, 0.15) is 0 Å². The van der Waals surface area contributed by atoms with Gasteiger partial charge in [-0.25, -0.2) is 0 Å². The van der Waals surface area contributed by atoms with E-state index in [-0.39, 0.29) is 11.5 Å². The summed E-state index contributed by atoms with van der Waals surface area (Å²) in [4.78, 5) is 0. The second-order valence-corrected chi connectivity index (χ2v) is 4.08. The molecule has 1 fully saturated rings. The van der Waals surface area contributed by atoms with Crippen LogP contribution in [0, 0.1) is 11.3 Å². The van der Waals surface area contributed by atoms with Gasteiger partial charge in [0.05, 0.1) is 6.10 Å². The van der Waals surface area contributed by atoms with Crippen LogP contribution in [0.5, 0.6) is 0 Å². The largest absolute Gasteiger partial charge is 0.392 e. The Bertz CT molecular complexity index is 130. The minimum atomic E-state index is -0.116. The Morgan fingerprint density at radius 3 is 2.27 bits per heavy atom. The average molecular weight is 157 g/mol. The molecule has 0 saturated heterocycles. The van der Waals surface area contributed by atoms with Gasteiger partial charge in [-0.1, -0.05) is 13.8 Å². The van der Waals surface area contributed by atoms with Gasteiger partial charge in [-0.15, -0.1) is 0 Å². The molecule has 1 aliphatic rings. The van der Waals surface area contributed by atoms with Crippen molar-refractivity contribution in [1.29, 1.82) is 0 Å². The molecule has 1 unspecified atom stereocenters. The molecule has 0 aromatic heterocycles. The Labute approximate surface area is 69.0 Å². The maximum absolute atomic E-state index is 9.81. The van der Waals surface area contributed by atoms with E-state index in [9.17, 15) is 5.11 Å². The molecule has 0 heterocycles. The molecule has 0 radical (unpaired) electrons. The zero-order valence-corrected chi connectivity index (χ0v) is 7.72. The standard InChI is InChI=1S/C9H19NO/c1-7(2)8(11)9(4-5-9)6-10-3/h7-8,10-11H,4-6H2,1-3H3. The smallest absolute Gasteiger partial charge is 0.0631 e. The highest BCUT2D eigenvalue weighted by Crippen LogP contribution is 2.49. The van der Waals surface area contributed by atoms with Gasteiger partial charge < -0.3 is 10.4 Å². The molecule has 2 nitrogen and oxygen atoms in total. The predicted molar refractivity (Wildman–Crippen MR) is 46.4 cm³/mol. The Morgan fingerprint density at radius 1 is 1.45 bits per heavy atom. The normalized spacial score (nSPS) is 23.7. The third kappa shape index (κ3) is 1.74. The van der Waals surface area contributed by atoms with Crippen LogP contribution in [0.2, 0.25) is 0 Å². The zero-order chi connectivity index (χ0) is 8.48. The molecule has 1 aliphatic carbocycles. The number of aliphatic hydroxyl groups excluding tert-OH is 1. The Morgan fingerprint density at radius 2 is 2.00 bits per heavy atom. The molecule has 66 valence electrons.